The van der Waals surface area contributed by atoms with Crippen molar-refractivity contribution in [1.29, 1.82) is 0 Å². The van der Waals surface area contributed by atoms with Crippen LogP contribution in [-0.2, 0) is 9.53 Å². The van der Waals surface area contributed by atoms with Crippen molar-refractivity contribution in [3.05, 3.63) is 0 Å². The Hall–Kier alpha value is -0.450. The molecule has 0 radical (unpaired) electrons. The maximum atomic E-state index is 11.6. The van der Waals surface area contributed by atoms with Gasteiger partial charge >= 0.3 is 0 Å². The Balaban J connectivity index is 3.61. The molecule has 0 aliphatic heterocycles. The summed E-state index contributed by atoms with van der Waals surface area (Å²) in [6.45, 7) is 7.89. The number of carbonyl (C=O) groups is 1. The zero-order valence-corrected chi connectivity index (χ0v) is 12.3. The Morgan fingerprint density at radius 2 is 1.78 bits per heavy atom. The maximum Gasteiger partial charge on any atom is 0.164 e. The molecule has 0 aromatic rings. The Kier molecular flexibility index (Phi) is 7.67. The molecule has 0 aliphatic rings. The van der Waals surface area contributed by atoms with Crippen LogP contribution in [0.5, 0.6) is 0 Å². The molecule has 0 spiro atoms. The Morgan fingerprint density at radius 3 is 2.28 bits per heavy atom. The van der Waals surface area contributed by atoms with E-state index in [-0.39, 0.29) is 5.78 Å². The Bertz CT molecular complexity index is 249. The fourth-order valence-electron chi connectivity index (χ4n) is 1.44. The number of unbranched alkanes of at least 4 members (excludes halogenated alkanes) is 2. The predicted molar refractivity (Wildman–Crippen MR) is 73.2 cm³/mol. The first-order chi connectivity index (χ1) is 8.25. The quantitative estimate of drug-likeness (QED) is 0.466. The van der Waals surface area contributed by atoms with E-state index in [2.05, 4.69) is 0 Å². The first-order valence-corrected chi connectivity index (χ1v) is 6.93. The average Bonchev–Trinajstić information content (AvgIpc) is 2.33. The molecule has 0 fully saturated rings. The highest BCUT2D eigenvalue weighted by Gasteiger charge is 2.26. The molecule has 4 heteroatoms. The summed E-state index contributed by atoms with van der Waals surface area (Å²) < 4.78 is 5.52. The number of ether oxygens (including phenoxy) is 1. The molecular formula is C14H29NO3. The topological polar surface area (TPSA) is 72.5 Å². The fourth-order valence-corrected chi connectivity index (χ4v) is 1.44. The summed E-state index contributed by atoms with van der Waals surface area (Å²) in [5.74, 6) is -0.0665. The predicted octanol–water partition coefficient (Wildman–Crippen LogP) is 2.38. The highest BCUT2D eigenvalue weighted by Crippen LogP contribution is 2.15. The van der Waals surface area contributed by atoms with Crippen molar-refractivity contribution >= 4 is 5.78 Å². The van der Waals surface area contributed by atoms with Crippen LogP contribution in [0, 0.1) is 0 Å². The third-order valence-corrected chi connectivity index (χ3v) is 3.47. The number of ketones is 1. The van der Waals surface area contributed by atoms with Gasteiger partial charge in [-0.3, -0.25) is 4.79 Å². The second kappa shape index (κ2) is 7.87. The highest BCUT2D eigenvalue weighted by molar-refractivity contribution is 5.86. The molecule has 3 N–H and O–H groups in total. The van der Waals surface area contributed by atoms with Gasteiger partial charge in [-0.1, -0.05) is 20.3 Å². The Morgan fingerprint density at radius 1 is 1.17 bits per heavy atom. The van der Waals surface area contributed by atoms with Gasteiger partial charge in [0.25, 0.3) is 0 Å². The zero-order valence-electron chi connectivity index (χ0n) is 12.3. The molecule has 0 heterocycles. The van der Waals surface area contributed by atoms with E-state index in [0.29, 0.717) is 19.4 Å². The standard InChI is InChI=1S/C14H29NO3/c1-5-13(3,17)12(16)10-8-7-9-11-18-14(4,15)6-2/h17H,5-11,15H2,1-4H3. The number of hydrogen-bond donors (Lipinski definition) is 2. The van der Waals surface area contributed by atoms with Crippen molar-refractivity contribution in [2.45, 2.75) is 77.5 Å². The molecule has 0 amide bonds. The van der Waals surface area contributed by atoms with Gasteiger partial charge in [0.2, 0.25) is 0 Å². The first-order valence-electron chi connectivity index (χ1n) is 6.93. The molecule has 108 valence electrons. The fraction of sp³-hybridized carbons (Fsp3) is 0.929. The van der Waals surface area contributed by atoms with Crippen molar-refractivity contribution in [1.82, 2.24) is 0 Å². The minimum Gasteiger partial charge on any atom is -0.382 e. The summed E-state index contributed by atoms with van der Waals surface area (Å²) >= 11 is 0. The van der Waals surface area contributed by atoms with E-state index in [1.165, 1.54) is 0 Å². The van der Waals surface area contributed by atoms with Crippen LogP contribution in [0.15, 0.2) is 0 Å². The highest BCUT2D eigenvalue weighted by atomic mass is 16.5. The van der Waals surface area contributed by atoms with Crippen molar-refractivity contribution in [2.24, 2.45) is 5.73 Å². The third kappa shape index (κ3) is 7.09. The van der Waals surface area contributed by atoms with E-state index in [9.17, 15) is 9.90 Å². The van der Waals surface area contributed by atoms with E-state index in [4.69, 9.17) is 10.5 Å². The number of carbonyl (C=O) groups excluding carboxylic acids is 1. The second-order valence-electron chi connectivity index (χ2n) is 5.38. The van der Waals surface area contributed by atoms with Gasteiger partial charge in [-0.25, -0.2) is 0 Å². The van der Waals surface area contributed by atoms with Crippen LogP contribution in [-0.4, -0.2) is 28.8 Å². The van der Waals surface area contributed by atoms with E-state index < -0.39 is 11.3 Å². The van der Waals surface area contributed by atoms with Crippen LogP contribution in [0.2, 0.25) is 0 Å². The monoisotopic (exact) mass is 259 g/mol. The summed E-state index contributed by atoms with van der Waals surface area (Å²) in [6, 6.07) is 0. The zero-order chi connectivity index (χ0) is 14.2. The molecule has 0 aliphatic carbocycles. The number of rotatable bonds is 10. The first kappa shape index (κ1) is 17.6. The minimum atomic E-state index is -1.16. The lowest BCUT2D eigenvalue weighted by Gasteiger charge is -2.23. The van der Waals surface area contributed by atoms with Gasteiger partial charge in [0, 0.05) is 13.0 Å². The van der Waals surface area contributed by atoms with Crippen LogP contribution in [0.4, 0.5) is 0 Å². The molecule has 0 bridgehead atoms. The summed E-state index contributed by atoms with van der Waals surface area (Å²) in [4.78, 5) is 11.6. The van der Waals surface area contributed by atoms with Crippen molar-refractivity contribution < 1.29 is 14.6 Å². The molecule has 0 saturated heterocycles. The van der Waals surface area contributed by atoms with Crippen LogP contribution in [0.1, 0.15) is 66.2 Å². The van der Waals surface area contributed by atoms with Gasteiger partial charge in [-0.15, -0.1) is 0 Å². The number of nitrogens with two attached hydrogens (primary N) is 1. The molecule has 2 unspecified atom stereocenters. The third-order valence-electron chi connectivity index (χ3n) is 3.47. The normalized spacial score (nSPS) is 18.1. The lowest BCUT2D eigenvalue weighted by Crippen LogP contribution is -2.38. The molecule has 0 aromatic heterocycles. The van der Waals surface area contributed by atoms with Crippen LogP contribution in [0.3, 0.4) is 0 Å². The second-order valence-corrected chi connectivity index (χ2v) is 5.38. The number of Topliss-reactive ketones (excluding diaryl/α,β-unsaturated/α-hetero) is 1. The molecule has 4 nitrogen and oxygen atoms in total. The van der Waals surface area contributed by atoms with Gasteiger partial charge in [-0.2, -0.15) is 0 Å². The number of aliphatic hydroxyl groups is 1. The molecule has 18 heavy (non-hydrogen) atoms. The maximum absolute atomic E-state index is 11.6. The van der Waals surface area contributed by atoms with E-state index >= 15 is 0 Å². The summed E-state index contributed by atoms with van der Waals surface area (Å²) in [6.07, 6.45) is 4.31. The smallest absolute Gasteiger partial charge is 0.164 e. The van der Waals surface area contributed by atoms with E-state index in [0.717, 1.165) is 25.7 Å². The molecule has 2 atom stereocenters. The van der Waals surface area contributed by atoms with E-state index in [1.54, 1.807) is 6.92 Å². The summed E-state index contributed by atoms with van der Waals surface area (Å²) in [7, 11) is 0. The molecule has 0 aromatic carbocycles. The molecular weight excluding hydrogens is 230 g/mol. The molecule has 0 rings (SSSR count). The largest absolute Gasteiger partial charge is 0.382 e. The van der Waals surface area contributed by atoms with E-state index in [1.807, 2.05) is 20.8 Å². The van der Waals surface area contributed by atoms with Gasteiger partial charge in [0.05, 0.1) is 0 Å². The van der Waals surface area contributed by atoms with Crippen molar-refractivity contribution in [2.75, 3.05) is 6.61 Å². The minimum absolute atomic E-state index is 0.0665. The van der Waals surface area contributed by atoms with Gasteiger partial charge in [0.1, 0.15) is 11.3 Å². The van der Waals surface area contributed by atoms with Gasteiger partial charge < -0.3 is 15.6 Å². The van der Waals surface area contributed by atoms with Crippen LogP contribution < -0.4 is 5.73 Å². The van der Waals surface area contributed by atoms with Gasteiger partial charge in [-0.05, 0) is 39.5 Å². The van der Waals surface area contributed by atoms with Crippen LogP contribution in [0.25, 0.3) is 0 Å². The SMILES string of the molecule is CCC(C)(N)OCCCCCC(=O)C(C)(O)CC. The lowest BCUT2D eigenvalue weighted by atomic mass is 9.94. The molecule has 0 saturated carbocycles. The van der Waals surface area contributed by atoms with Crippen molar-refractivity contribution in [3.63, 3.8) is 0 Å². The summed E-state index contributed by atoms with van der Waals surface area (Å²) in [5, 5.41) is 9.74. The Labute approximate surface area is 111 Å². The van der Waals surface area contributed by atoms with Gasteiger partial charge in [0.15, 0.2) is 5.78 Å². The van der Waals surface area contributed by atoms with Crippen LogP contribution >= 0.6 is 0 Å². The summed E-state index contributed by atoms with van der Waals surface area (Å²) in [5.41, 5.74) is 4.15. The average molecular weight is 259 g/mol. The number of hydrogen-bond acceptors (Lipinski definition) is 4. The lowest BCUT2D eigenvalue weighted by molar-refractivity contribution is -0.136. The van der Waals surface area contributed by atoms with Crippen molar-refractivity contribution in [3.8, 4) is 0 Å².